The van der Waals surface area contributed by atoms with E-state index >= 15 is 0 Å². The zero-order valence-corrected chi connectivity index (χ0v) is 32.3. The highest BCUT2D eigenvalue weighted by atomic mass is 15.0. The number of aromatic nitrogens is 2. The van der Waals surface area contributed by atoms with Crippen molar-refractivity contribution in [2.45, 2.75) is 5.41 Å². The number of nitrogens with zero attached hydrogens (tertiary/aromatic N) is 2. The van der Waals surface area contributed by atoms with Crippen LogP contribution in [0, 0.1) is 0 Å². The van der Waals surface area contributed by atoms with Crippen molar-refractivity contribution >= 4 is 32.7 Å². The van der Waals surface area contributed by atoms with Gasteiger partial charge in [0.1, 0.15) is 0 Å². The van der Waals surface area contributed by atoms with Crippen LogP contribution in [-0.4, -0.2) is 9.13 Å². The molecular weight excluding hydrogens is 713 g/mol. The van der Waals surface area contributed by atoms with Gasteiger partial charge in [0.05, 0.1) is 22.0 Å². The molecule has 0 bridgehead atoms. The van der Waals surface area contributed by atoms with Gasteiger partial charge in [-0.05, 0) is 86.5 Å². The standard InChI is InChI=1S/C57H38N2/c1-5-17-40(18-6-1)51-38-58(44-23-11-4-12-24-44)55-50(51)36-35-49-48-26-14-16-28-54(48)59(56(49)55)45-32-29-39(30-33-45)41-31-34-47-46-25-13-15-27-52(46)57(53(47)37-41,42-19-7-2-8-20-42)43-21-9-3-10-22-43/h1-38H. The highest BCUT2D eigenvalue weighted by Crippen LogP contribution is 2.56. The lowest BCUT2D eigenvalue weighted by Crippen LogP contribution is -2.28. The predicted molar refractivity (Wildman–Crippen MR) is 246 cm³/mol. The molecule has 1 aliphatic rings. The van der Waals surface area contributed by atoms with Gasteiger partial charge < -0.3 is 9.13 Å². The molecule has 0 aliphatic heterocycles. The summed E-state index contributed by atoms with van der Waals surface area (Å²) in [6, 6.07) is 82.3. The molecule has 1 aliphatic carbocycles. The summed E-state index contributed by atoms with van der Waals surface area (Å²) in [7, 11) is 0. The van der Waals surface area contributed by atoms with Gasteiger partial charge in [0.25, 0.3) is 0 Å². The summed E-state index contributed by atoms with van der Waals surface area (Å²) in [5.74, 6) is 0. The second kappa shape index (κ2) is 13.2. The summed E-state index contributed by atoms with van der Waals surface area (Å²) >= 11 is 0. The number of hydrogen-bond donors (Lipinski definition) is 0. The molecule has 276 valence electrons. The third kappa shape index (κ3) is 4.93. The molecule has 0 unspecified atom stereocenters. The molecule has 2 heteroatoms. The zero-order valence-electron chi connectivity index (χ0n) is 32.3. The molecule has 2 aromatic heterocycles. The van der Waals surface area contributed by atoms with Crippen molar-refractivity contribution in [3.05, 3.63) is 253 Å². The van der Waals surface area contributed by atoms with Crippen LogP contribution in [0.1, 0.15) is 22.3 Å². The van der Waals surface area contributed by atoms with Gasteiger partial charge in [0, 0.05) is 39.3 Å². The first-order chi connectivity index (χ1) is 29.3. The fraction of sp³-hybridized carbons (Fsp3) is 0.0175. The van der Waals surface area contributed by atoms with Crippen molar-refractivity contribution in [1.82, 2.24) is 9.13 Å². The Bertz CT molecular complexity index is 3300. The Kier molecular flexibility index (Phi) is 7.48. The fourth-order valence-corrected chi connectivity index (χ4v) is 10.1. The predicted octanol–water partition coefficient (Wildman–Crippen LogP) is 14.4. The Labute approximate surface area is 343 Å². The summed E-state index contributed by atoms with van der Waals surface area (Å²) in [5.41, 5.74) is 18.0. The van der Waals surface area contributed by atoms with E-state index in [-0.39, 0.29) is 0 Å². The molecule has 59 heavy (non-hydrogen) atoms. The van der Waals surface area contributed by atoms with Crippen molar-refractivity contribution in [1.29, 1.82) is 0 Å². The Morgan fingerprint density at radius 1 is 0.322 bits per heavy atom. The fourth-order valence-electron chi connectivity index (χ4n) is 10.1. The van der Waals surface area contributed by atoms with Gasteiger partial charge in [0.15, 0.2) is 0 Å². The maximum atomic E-state index is 2.47. The summed E-state index contributed by atoms with van der Waals surface area (Å²) in [6.45, 7) is 0. The van der Waals surface area contributed by atoms with Crippen LogP contribution in [0.4, 0.5) is 0 Å². The van der Waals surface area contributed by atoms with Crippen molar-refractivity contribution in [3.63, 3.8) is 0 Å². The van der Waals surface area contributed by atoms with Gasteiger partial charge in [-0.2, -0.15) is 0 Å². The van der Waals surface area contributed by atoms with E-state index in [4.69, 9.17) is 0 Å². The monoisotopic (exact) mass is 750 g/mol. The van der Waals surface area contributed by atoms with Gasteiger partial charge >= 0.3 is 0 Å². The minimum absolute atomic E-state index is 0.439. The van der Waals surface area contributed by atoms with Crippen molar-refractivity contribution in [2.75, 3.05) is 0 Å². The molecule has 11 aromatic rings. The Morgan fingerprint density at radius 2 is 0.898 bits per heavy atom. The highest BCUT2D eigenvalue weighted by molar-refractivity contribution is 6.20. The molecule has 2 heterocycles. The summed E-state index contributed by atoms with van der Waals surface area (Å²) in [4.78, 5) is 0. The van der Waals surface area contributed by atoms with Crippen LogP contribution in [0.15, 0.2) is 231 Å². The number of rotatable bonds is 6. The molecule has 0 radical (unpaired) electrons. The molecule has 2 nitrogen and oxygen atoms in total. The van der Waals surface area contributed by atoms with Crippen LogP contribution in [0.5, 0.6) is 0 Å². The molecule has 0 N–H and O–H groups in total. The van der Waals surface area contributed by atoms with E-state index in [2.05, 4.69) is 240 Å². The second-order valence-electron chi connectivity index (χ2n) is 15.7. The zero-order chi connectivity index (χ0) is 38.9. The Hall–Kier alpha value is -7.68. The lowest BCUT2D eigenvalue weighted by molar-refractivity contribution is 0.769. The number of fused-ring (bicyclic) bond motifs is 8. The van der Waals surface area contributed by atoms with Crippen LogP contribution in [-0.2, 0) is 5.41 Å². The average Bonchev–Trinajstić information content (AvgIpc) is 3.97. The van der Waals surface area contributed by atoms with Crippen LogP contribution >= 0.6 is 0 Å². The lowest BCUT2D eigenvalue weighted by Gasteiger charge is -2.34. The first kappa shape index (κ1) is 33.5. The molecular formula is C57H38N2. The smallest absolute Gasteiger partial charge is 0.0788 e. The molecule has 0 fully saturated rings. The summed E-state index contributed by atoms with van der Waals surface area (Å²) in [6.07, 6.45) is 2.32. The number of para-hydroxylation sites is 2. The van der Waals surface area contributed by atoms with Gasteiger partial charge in [0.2, 0.25) is 0 Å². The van der Waals surface area contributed by atoms with E-state index in [1.807, 2.05) is 0 Å². The SMILES string of the molecule is c1ccc(-c2cn(-c3ccccc3)c3c2ccc2c4ccccc4n(-c4ccc(-c5ccc6c(c5)C(c5ccccc5)(c5ccccc5)c5ccccc5-6)cc4)c23)cc1. The molecule has 9 aromatic carbocycles. The van der Waals surface area contributed by atoms with Gasteiger partial charge in [-0.1, -0.05) is 188 Å². The number of hydrogen-bond acceptors (Lipinski definition) is 0. The first-order valence-corrected chi connectivity index (χ1v) is 20.4. The van der Waals surface area contributed by atoms with Crippen LogP contribution < -0.4 is 0 Å². The molecule has 0 atom stereocenters. The molecule has 12 rings (SSSR count). The normalized spacial score (nSPS) is 12.9. The molecule has 0 saturated heterocycles. The minimum Gasteiger partial charge on any atom is -0.314 e. The van der Waals surface area contributed by atoms with Gasteiger partial charge in [-0.25, -0.2) is 0 Å². The number of benzene rings is 9. The summed E-state index contributed by atoms with van der Waals surface area (Å²) in [5, 5.41) is 3.71. The third-order valence-electron chi connectivity index (χ3n) is 12.6. The largest absolute Gasteiger partial charge is 0.314 e. The van der Waals surface area contributed by atoms with E-state index < -0.39 is 5.41 Å². The topological polar surface area (TPSA) is 9.86 Å². The third-order valence-corrected chi connectivity index (χ3v) is 12.6. The maximum Gasteiger partial charge on any atom is 0.0788 e. The van der Waals surface area contributed by atoms with E-state index in [1.54, 1.807) is 0 Å². The Morgan fingerprint density at radius 3 is 1.63 bits per heavy atom. The second-order valence-corrected chi connectivity index (χ2v) is 15.7. The van der Waals surface area contributed by atoms with Gasteiger partial charge in [-0.15, -0.1) is 0 Å². The lowest BCUT2D eigenvalue weighted by atomic mass is 9.67. The van der Waals surface area contributed by atoms with Crippen LogP contribution in [0.2, 0.25) is 0 Å². The van der Waals surface area contributed by atoms with Crippen LogP contribution in [0.25, 0.3) is 77.5 Å². The van der Waals surface area contributed by atoms with E-state index in [9.17, 15) is 0 Å². The van der Waals surface area contributed by atoms with Crippen molar-refractivity contribution in [3.8, 4) is 44.8 Å². The van der Waals surface area contributed by atoms with E-state index in [1.165, 1.54) is 88.3 Å². The van der Waals surface area contributed by atoms with Crippen LogP contribution in [0.3, 0.4) is 0 Å². The average molecular weight is 751 g/mol. The highest BCUT2D eigenvalue weighted by Gasteiger charge is 2.46. The first-order valence-electron chi connectivity index (χ1n) is 20.4. The van der Waals surface area contributed by atoms with E-state index in [0.717, 1.165) is 11.4 Å². The summed E-state index contributed by atoms with van der Waals surface area (Å²) < 4.78 is 4.86. The quantitative estimate of drug-likeness (QED) is 0.160. The van der Waals surface area contributed by atoms with E-state index in [0.29, 0.717) is 0 Å². The maximum absolute atomic E-state index is 2.47. The van der Waals surface area contributed by atoms with Crippen molar-refractivity contribution < 1.29 is 0 Å². The minimum atomic E-state index is -0.439. The molecule has 0 amide bonds. The molecule has 0 saturated carbocycles. The van der Waals surface area contributed by atoms with Crippen molar-refractivity contribution in [2.24, 2.45) is 0 Å². The van der Waals surface area contributed by atoms with Gasteiger partial charge in [-0.3, -0.25) is 0 Å². The Balaban J connectivity index is 1.06. The molecule has 0 spiro atoms.